The van der Waals surface area contributed by atoms with E-state index < -0.39 is 44.1 Å². The van der Waals surface area contributed by atoms with Crippen LogP contribution < -0.4 is 9.47 Å². The van der Waals surface area contributed by atoms with E-state index in [9.17, 15) is 14.4 Å². The van der Waals surface area contributed by atoms with Gasteiger partial charge in [-0.2, -0.15) is 0 Å². The largest absolute Gasteiger partial charge is 0.480 e. The minimum absolute atomic E-state index is 0.223. The van der Waals surface area contributed by atoms with Crippen LogP contribution in [0.25, 0.3) is 0 Å². The molecule has 0 unspecified atom stereocenters. The molecule has 0 aliphatic rings. The number of Topliss-reactive ketones (excluding diaryl/α,β-unsaturated/α-hetero) is 1. The maximum atomic E-state index is 11.7. The van der Waals surface area contributed by atoms with Gasteiger partial charge in [-0.3, -0.25) is 4.79 Å². The highest BCUT2D eigenvalue weighted by Crippen LogP contribution is 2.28. The van der Waals surface area contributed by atoms with Crippen molar-refractivity contribution < 1.29 is 33.3 Å². The molecule has 11 heteroatoms. The lowest BCUT2D eigenvalue weighted by molar-refractivity contribution is -0.154. The first-order valence-corrected chi connectivity index (χ1v) is 9.74. The molecule has 160 valence electrons. The fourth-order valence-electron chi connectivity index (χ4n) is 1.90. The lowest BCUT2D eigenvalue weighted by Crippen LogP contribution is -2.24. The lowest BCUT2D eigenvalue weighted by Gasteiger charge is -2.09. The highest BCUT2D eigenvalue weighted by Gasteiger charge is 2.13. The van der Waals surface area contributed by atoms with Gasteiger partial charge in [-0.25, -0.2) is 9.59 Å². The maximum absolute atomic E-state index is 11.7. The van der Waals surface area contributed by atoms with E-state index >= 15 is 0 Å². The van der Waals surface area contributed by atoms with E-state index in [1.165, 1.54) is 36.4 Å². The maximum Gasteiger partial charge on any atom is 0.344 e. The smallest absolute Gasteiger partial charge is 0.344 e. The normalized spacial score (nSPS) is 10.3. The van der Waals surface area contributed by atoms with Crippen LogP contribution in [0.15, 0.2) is 36.4 Å². The van der Waals surface area contributed by atoms with Crippen molar-refractivity contribution in [1.29, 1.82) is 0 Å². The van der Waals surface area contributed by atoms with Crippen molar-refractivity contribution in [2.24, 2.45) is 0 Å². The molecule has 0 amide bonds. The third kappa shape index (κ3) is 8.28. The lowest BCUT2D eigenvalue weighted by atomic mass is 10.3. The van der Waals surface area contributed by atoms with E-state index in [1.807, 2.05) is 0 Å². The summed E-state index contributed by atoms with van der Waals surface area (Å²) in [4.78, 5) is 34.9. The van der Waals surface area contributed by atoms with Crippen molar-refractivity contribution in [2.45, 2.75) is 0 Å². The second-order valence-corrected chi connectivity index (χ2v) is 7.27. The van der Waals surface area contributed by atoms with Gasteiger partial charge in [0.15, 0.2) is 26.4 Å². The van der Waals surface area contributed by atoms with Gasteiger partial charge in [0.2, 0.25) is 5.78 Å². The van der Waals surface area contributed by atoms with Gasteiger partial charge < -0.3 is 18.9 Å². The Morgan fingerprint density at radius 2 is 1.03 bits per heavy atom. The molecule has 0 saturated heterocycles. The number of rotatable bonds is 10. The molecule has 0 atom stereocenters. The molecule has 0 bridgehead atoms. The number of ketones is 1. The van der Waals surface area contributed by atoms with E-state index in [2.05, 4.69) is 0 Å². The van der Waals surface area contributed by atoms with Crippen molar-refractivity contribution in [1.82, 2.24) is 0 Å². The average molecular weight is 496 g/mol. The van der Waals surface area contributed by atoms with Crippen LogP contribution in [0.1, 0.15) is 0 Å². The van der Waals surface area contributed by atoms with Crippen LogP contribution in [-0.4, -0.2) is 44.1 Å². The molecule has 2 aromatic carbocycles. The van der Waals surface area contributed by atoms with Crippen LogP contribution >= 0.6 is 46.4 Å². The number of hydrogen-bond donors (Lipinski definition) is 0. The minimum atomic E-state index is -0.804. The van der Waals surface area contributed by atoms with Crippen molar-refractivity contribution >= 4 is 64.1 Å². The number of carbonyl (C=O) groups excluding carboxylic acids is 3. The quantitative estimate of drug-likeness (QED) is 0.451. The molecule has 0 heterocycles. The van der Waals surface area contributed by atoms with Gasteiger partial charge in [0, 0.05) is 10.0 Å². The summed E-state index contributed by atoms with van der Waals surface area (Å²) in [6.07, 6.45) is 0. The van der Waals surface area contributed by atoms with Gasteiger partial charge in [0.05, 0.1) is 10.0 Å². The molecule has 0 fully saturated rings. The SMILES string of the molecule is O=C(COC(=O)COc1ccc(Cl)cc1Cl)COC(=O)COc1ccc(Cl)cc1Cl. The number of esters is 2. The first kappa shape index (κ1) is 24.1. The Hall–Kier alpha value is -2.19. The Morgan fingerprint density at radius 1 is 0.633 bits per heavy atom. The Labute approximate surface area is 191 Å². The first-order valence-electron chi connectivity index (χ1n) is 8.23. The van der Waals surface area contributed by atoms with Crippen LogP contribution in [0.2, 0.25) is 20.1 Å². The first-order chi connectivity index (χ1) is 14.2. The van der Waals surface area contributed by atoms with Gasteiger partial charge in [-0.1, -0.05) is 46.4 Å². The Kier molecular flexibility index (Phi) is 9.52. The van der Waals surface area contributed by atoms with Gasteiger partial charge in [-0.05, 0) is 36.4 Å². The Bertz CT molecular complexity index is 860. The van der Waals surface area contributed by atoms with E-state index in [0.717, 1.165) is 0 Å². The fourth-order valence-corrected chi connectivity index (χ4v) is 2.83. The summed E-state index contributed by atoms with van der Waals surface area (Å²) >= 11 is 23.3. The monoisotopic (exact) mass is 494 g/mol. The number of ether oxygens (including phenoxy) is 4. The molecule has 0 aliphatic heterocycles. The van der Waals surface area contributed by atoms with Crippen LogP contribution in [0.4, 0.5) is 0 Å². The molecule has 2 aromatic rings. The van der Waals surface area contributed by atoms with Gasteiger partial charge in [-0.15, -0.1) is 0 Å². The number of hydrogen-bond acceptors (Lipinski definition) is 7. The predicted molar refractivity (Wildman–Crippen MR) is 111 cm³/mol. The van der Waals surface area contributed by atoms with Crippen molar-refractivity contribution in [3.8, 4) is 11.5 Å². The highest BCUT2D eigenvalue weighted by molar-refractivity contribution is 6.36. The van der Waals surface area contributed by atoms with E-state index in [1.54, 1.807) is 0 Å². The van der Waals surface area contributed by atoms with Crippen molar-refractivity contribution in [3.05, 3.63) is 56.5 Å². The molecule has 30 heavy (non-hydrogen) atoms. The van der Waals surface area contributed by atoms with Crippen LogP contribution in [0.3, 0.4) is 0 Å². The zero-order valence-electron chi connectivity index (χ0n) is 15.2. The number of halogens is 4. The fraction of sp³-hybridized carbons (Fsp3) is 0.211. The highest BCUT2D eigenvalue weighted by atomic mass is 35.5. The van der Waals surface area contributed by atoms with Gasteiger partial charge >= 0.3 is 11.9 Å². The minimum Gasteiger partial charge on any atom is -0.480 e. The summed E-state index contributed by atoms with van der Waals surface area (Å²) in [6, 6.07) is 8.95. The predicted octanol–water partition coefficient (Wildman–Crippen LogP) is 4.41. The molecule has 0 radical (unpaired) electrons. The van der Waals surface area contributed by atoms with E-state index in [4.69, 9.17) is 65.4 Å². The van der Waals surface area contributed by atoms with Crippen molar-refractivity contribution in [3.63, 3.8) is 0 Å². The summed E-state index contributed by atoms with van der Waals surface area (Å²) in [5, 5.41) is 1.27. The van der Waals surface area contributed by atoms with Crippen LogP contribution in [-0.2, 0) is 23.9 Å². The molecule has 0 spiro atoms. The third-order valence-corrected chi connectivity index (χ3v) is 4.33. The molecule has 0 aromatic heterocycles. The molecule has 2 rings (SSSR count). The molecular formula is C19H14Cl4O7. The summed E-state index contributed by atoms with van der Waals surface area (Å²) < 4.78 is 19.8. The Morgan fingerprint density at radius 3 is 1.40 bits per heavy atom. The molecular weight excluding hydrogens is 482 g/mol. The number of carbonyl (C=O) groups is 3. The third-order valence-electron chi connectivity index (χ3n) is 3.27. The molecule has 0 N–H and O–H groups in total. The standard InChI is InChI=1S/C19H14Cl4O7/c20-11-1-3-16(14(22)5-11)27-9-18(25)29-7-13(24)8-30-19(26)10-28-17-4-2-12(21)6-15(17)23/h1-6H,7-10H2. The summed E-state index contributed by atoms with van der Waals surface area (Å²) in [6.45, 7) is -2.12. The Balaban J connectivity index is 1.64. The van der Waals surface area contributed by atoms with E-state index in [-0.39, 0.29) is 21.5 Å². The molecule has 0 aliphatic carbocycles. The molecule has 7 nitrogen and oxygen atoms in total. The van der Waals surface area contributed by atoms with Crippen LogP contribution in [0.5, 0.6) is 11.5 Å². The summed E-state index contributed by atoms with van der Waals surface area (Å²) in [5.74, 6) is -1.77. The van der Waals surface area contributed by atoms with E-state index in [0.29, 0.717) is 10.0 Å². The zero-order chi connectivity index (χ0) is 22.1. The van der Waals surface area contributed by atoms with Gasteiger partial charge in [0.1, 0.15) is 11.5 Å². The second-order valence-electron chi connectivity index (χ2n) is 5.59. The average Bonchev–Trinajstić information content (AvgIpc) is 2.69. The zero-order valence-corrected chi connectivity index (χ0v) is 18.2. The topological polar surface area (TPSA) is 88.1 Å². The van der Waals surface area contributed by atoms with Crippen LogP contribution in [0, 0.1) is 0 Å². The summed E-state index contributed by atoms with van der Waals surface area (Å²) in [5.41, 5.74) is 0. The second kappa shape index (κ2) is 11.9. The van der Waals surface area contributed by atoms with Crippen molar-refractivity contribution in [2.75, 3.05) is 26.4 Å². The molecule has 0 saturated carbocycles. The number of benzene rings is 2. The van der Waals surface area contributed by atoms with Gasteiger partial charge in [0.25, 0.3) is 0 Å². The summed E-state index contributed by atoms with van der Waals surface area (Å²) in [7, 11) is 0.